The number of nitrogens with zero attached hydrogens (tertiary/aromatic N) is 3. The Morgan fingerprint density at radius 3 is 3.05 bits per heavy atom. The molecular formula is C12H21N5O2. The van der Waals surface area contributed by atoms with Crippen LogP contribution < -0.4 is 10.6 Å². The molecule has 0 spiro atoms. The molecule has 0 atom stereocenters. The Bertz CT molecular complexity index is 403. The summed E-state index contributed by atoms with van der Waals surface area (Å²) in [5.74, 6) is 0.447. The molecule has 0 aliphatic heterocycles. The molecule has 0 radical (unpaired) electrons. The third kappa shape index (κ3) is 4.96. The molecule has 3 N–H and O–H groups in total. The van der Waals surface area contributed by atoms with E-state index in [4.69, 9.17) is 5.11 Å². The van der Waals surface area contributed by atoms with Crippen molar-refractivity contribution in [1.82, 2.24) is 25.6 Å². The quantitative estimate of drug-likeness (QED) is 0.513. The average Bonchev–Trinajstić information content (AvgIpc) is 3.17. The van der Waals surface area contributed by atoms with E-state index >= 15 is 0 Å². The highest BCUT2D eigenvalue weighted by Crippen LogP contribution is 2.28. The van der Waals surface area contributed by atoms with Crippen molar-refractivity contribution in [2.24, 2.45) is 5.92 Å². The van der Waals surface area contributed by atoms with Crippen molar-refractivity contribution < 1.29 is 9.90 Å². The van der Waals surface area contributed by atoms with Crippen molar-refractivity contribution in [3.63, 3.8) is 0 Å². The van der Waals surface area contributed by atoms with Gasteiger partial charge in [-0.15, -0.1) is 5.10 Å². The number of aliphatic hydroxyl groups is 1. The zero-order chi connectivity index (χ0) is 13.5. The summed E-state index contributed by atoms with van der Waals surface area (Å²) in [6.07, 6.45) is 4.63. The third-order valence-corrected chi connectivity index (χ3v) is 2.99. The molecule has 0 unspecified atom stereocenters. The molecule has 1 saturated carbocycles. The highest BCUT2D eigenvalue weighted by atomic mass is 16.3. The molecule has 1 aromatic heterocycles. The number of aromatic nitrogens is 3. The number of aliphatic hydroxyl groups excluding tert-OH is 1. The number of hydrogen-bond acceptors (Lipinski definition) is 5. The van der Waals surface area contributed by atoms with Crippen molar-refractivity contribution in [2.75, 3.05) is 19.7 Å². The fourth-order valence-electron chi connectivity index (χ4n) is 1.74. The molecule has 1 fully saturated rings. The van der Waals surface area contributed by atoms with E-state index in [1.165, 1.54) is 0 Å². The summed E-state index contributed by atoms with van der Waals surface area (Å²) < 4.78 is 1.72. The number of carbonyl (C=O) groups is 1. The molecule has 7 heteroatoms. The minimum absolute atomic E-state index is 0.161. The Hall–Kier alpha value is -1.47. The van der Waals surface area contributed by atoms with Gasteiger partial charge >= 0.3 is 0 Å². The lowest BCUT2D eigenvalue weighted by molar-refractivity contribution is -0.122. The summed E-state index contributed by atoms with van der Waals surface area (Å²) >= 11 is 0. The number of rotatable bonds is 9. The molecule has 1 amide bonds. The van der Waals surface area contributed by atoms with Gasteiger partial charge in [-0.1, -0.05) is 5.21 Å². The van der Waals surface area contributed by atoms with Crippen molar-refractivity contribution >= 4 is 5.91 Å². The molecule has 19 heavy (non-hydrogen) atoms. The van der Waals surface area contributed by atoms with Gasteiger partial charge in [0.05, 0.1) is 5.69 Å². The number of nitrogens with one attached hydrogen (secondary N) is 2. The number of hydrogen-bond donors (Lipinski definition) is 3. The monoisotopic (exact) mass is 267 g/mol. The zero-order valence-electron chi connectivity index (χ0n) is 11.0. The maximum absolute atomic E-state index is 11.4. The van der Waals surface area contributed by atoms with Crippen LogP contribution in [0.25, 0.3) is 0 Å². The van der Waals surface area contributed by atoms with Crippen LogP contribution in [0.5, 0.6) is 0 Å². The second kappa shape index (κ2) is 7.20. The molecule has 1 aliphatic rings. The maximum Gasteiger partial charge on any atom is 0.223 e. The van der Waals surface area contributed by atoms with E-state index in [0.29, 0.717) is 26.1 Å². The van der Waals surface area contributed by atoms with E-state index in [0.717, 1.165) is 25.1 Å². The van der Waals surface area contributed by atoms with Gasteiger partial charge in [-0.3, -0.25) is 9.48 Å². The van der Waals surface area contributed by atoms with E-state index in [9.17, 15) is 4.79 Å². The normalized spacial score (nSPS) is 14.6. The predicted octanol–water partition coefficient (Wildman–Crippen LogP) is -0.724. The van der Waals surface area contributed by atoms with Gasteiger partial charge in [0.1, 0.15) is 0 Å². The van der Waals surface area contributed by atoms with E-state index < -0.39 is 0 Å². The standard InChI is InChI=1S/C12H21N5O2/c18-7-1-6-17-9-11(15-16-17)8-13-4-5-14-12(19)10-2-3-10/h9-10,13,18H,1-8H2,(H,14,19). The van der Waals surface area contributed by atoms with Gasteiger partial charge in [-0.05, 0) is 19.3 Å². The van der Waals surface area contributed by atoms with Gasteiger partial charge in [0.15, 0.2) is 0 Å². The highest BCUT2D eigenvalue weighted by Gasteiger charge is 2.28. The lowest BCUT2D eigenvalue weighted by Gasteiger charge is -2.04. The SMILES string of the molecule is O=C(NCCNCc1cn(CCCO)nn1)C1CC1. The fraction of sp³-hybridized carbons (Fsp3) is 0.750. The first-order valence-corrected chi connectivity index (χ1v) is 6.78. The van der Waals surface area contributed by atoms with Crippen LogP contribution in [-0.4, -0.2) is 45.7 Å². The highest BCUT2D eigenvalue weighted by molar-refractivity contribution is 5.80. The first-order chi connectivity index (χ1) is 9.29. The Morgan fingerprint density at radius 1 is 1.47 bits per heavy atom. The van der Waals surface area contributed by atoms with E-state index in [-0.39, 0.29) is 18.4 Å². The Morgan fingerprint density at radius 2 is 2.32 bits per heavy atom. The van der Waals surface area contributed by atoms with Crippen LogP contribution >= 0.6 is 0 Å². The summed E-state index contributed by atoms with van der Waals surface area (Å²) in [5.41, 5.74) is 0.867. The zero-order valence-corrected chi connectivity index (χ0v) is 11.0. The summed E-state index contributed by atoms with van der Waals surface area (Å²) in [6.45, 7) is 2.85. The minimum atomic E-state index is 0.161. The molecule has 106 valence electrons. The van der Waals surface area contributed by atoms with Crippen molar-refractivity contribution in [1.29, 1.82) is 0 Å². The van der Waals surface area contributed by atoms with Gasteiger partial charge in [0.25, 0.3) is 0 Å². The van der Waals surface area contributed by atoms with Crippen LogP contribution in [0.4, 0.5) is 0 Å². The van der Waals surface area contributed by atoms with Gasteiger partial charge in [-0.2, -0.15) is 0 Å². The van der Waals surface area contributed by atoms with Gasteiger partial charge in [0.2, 0.25) is 5.91 Å². The smallest absolute Gasteiger partial charge is 0.223 e. The Labute approximate surface area is 112 Å². The molecular weight excluding hydrogens is 246 g/mol. The van der Waals surface area contributed by atoms with E-state index in [1.54, 1.807) is 4.68 Å². The first-order valence-electron chi connectivity index (χ1n) is 6.78. The van der Waals surface area contributed by atoms with E-state index in [2.05, 4.69) is 20.9 Å². The molecule has 0 saturated heterocycles. The molecule has 1 aromatic rings. The molecule has 0 bridgehead atoms. The van der Waals surface area contributed by atoms with Crippen LogP contribution in [0.15, 0.2) is 6.20 Å². The Kier molecular flexibility index (Phi) is 5.29. The molecule has 1 heterocycles. The molecule has 1 aliphatic carbocycles. The summed E-state index contributed by atoms with van der Waals surface area (Å²) in [6, 6.07) is 0. The van der Waals surface area contributed by atoms with Crippen LogP contribution in [-0.2, 0) is 17.9 Å². The first kappa shape index (κ1) is 14.0. The maximum atomic E-state index is 11.4. The topological polar surface area (TPSA) is 92.1 Å². The van der Waals surface area contributed by atoms with Gasteiger partial charge in [-0.25, -0.2) is 0 Å². The third-order valence-electron chi connectivity index (χ3n) is 2.99. The minimum Gasteiger partial charge on any atom is -0.396 e. The second-order valence-electron chi connectivity index (χ2n) is 4.79. The molecule has 0 aromatic carbocycles. The van der Waals surface area contributed by atoms with Crippen LogP contribution in [0.2, 0.25) is 0 Å². The summed E-state index contributed by atoms with van der Waals surface area (Å²) in [5, 5.41) is 22.8. The van der Waals surface area contributed by atoms with Gasteiger partial charge < -0.3 is 15.7 Å². The molecule has 2 rings (SSSR count). The van der Waals surface area contributed by atoms with E-state index in [1.807, 2.05) is 6.20 Å². The van der Waals surface area contributed by atoms with Crippen molar-refractivity contribution in [2.45, 2.75) is 32.4 Å². The lowest BCUT2D eigenvalue weighted by Crippen LogP contribution is -2.32. The van der Waals surface area contributed by atoms with Gasteiger partial charge in [0, 0.05) is 44.9 Å². The molecule has 7 nitrogen and oxygen atoms in total. The van der Waals surface area contributed by atoms with Crippen LogP contribution in [0, 0.1) is 5.92 Å². The number of amides is 1. The summed E-state index contributed by atoms with van der Waals surface area (Å²) in [4.78, 5) is 11.4. The van der Waals surface area contributed by atoms with Crippen LogP contribution in [0.3, 0.4) is 0 Å². The number of aryl methyl sites for hydroxylation is 1. The van der Waals surface area contributed by atoms with Crippen LogP contribution in [0.1, 0.15) is 25.0 Å². The van der Waals surface area contributed by atoms with Crippen molar-refractivity contribution in [3.8, 4) is 0 Å². The second-order valence-corrected chi connectivity index (χ2v) is 4.79. The Balaban J connectivity index is 1.54. The number of carbonyl (C=O) groups excluding carboxylic acids is 1. The largest absolute Gasteiger partial charge is 0.396 e. The predicted molar refractivity (Wildman–Crippen MR) is 69.2 cm³/mol. The van der Waals surface area contributed by atoms with Crippen molar-refractivity contribution in [3.05, 3.63) is 11.9 Å². The fourth-order valence-corrected chi connectivity index (χ4v) is 1.74. The average molecular weight is 267 g/mol. The lowest BCUT2D eigenvalue weighted by atomic mass is 10.4. The summed E-state index contributed by atoms with van der Waals surface area (Å²) in [7, 11) is 0.